The van der Waals surface area contributed by atoms with E-state index in [0.29, 0.717) is 31.1 Å². The Morgan fingerprint density at radius 2 is 1.60 bits per heavy atom. The molecular weight excluding hydrogens is 440 g/mol. The summed E-state index contributed by atoms with van der Waals surface area (Å²) in [6.07, 6.45) is 8.42. The first-order valence-electron chi connectivity index (χ1n) is 14.0. The van der Waals surface area contributed by atoms with Crippen molar-refractivity contribution in [3.8, 4) is 0 Å². The second-order valence-electron chi connectivity index (χ2n) is 15.0. The highest BCUT2D eigenvalue weighted by molar-refractivity contribution is 5.76. The van der Waals surface area contributed by atoms with Gasteiger partial charge in [-0.3, -0.25) is 4.79 Å². The van der Waals surface area contributed by atoms with Crippen molar-refractivity contribution in [3.63, 3.8) is 0 Å². The predicted molar refractivity (Wildman–Crippen MR) is 135 cm³/mol. The molecule has 5 aliphatic rings. The largest absolute Gasteiger partial charge is 0.481 e. The van der Waals surface area contributed by atoms with Crippen molar-refractivity contribution >= 4 is 5.97 Å². The van der Waals surface area contributed by atoms with E-state index in [-0.39, 0.29) is 39.6 Å². The SMILES string of the molecule is CC1(C)[C@@H](O)[C@H](O)C[C@]2(C)[C@H]3CC=C4[C@@H]5C[C@](C)(CO)CC[C@]5(C(=O)O)CC[C@@]4(C)[C@]3(C)CC[C@@H]12. The van der Waals surface area contributed by atoms with Crippen molar-refractivity contribution in [1.82, 2.24) is 0 Å². The van der Waals surface area contributed by atoms with E-state index in [1.54, 1.807) is 0 Å². The lowest BCUT2D eigenvalue weighted by molar-refractivity contribution is -0.232. The third-order valence-electron chi connectivity index (χ3n) is 13.3. The fourth-order valence-electron chi connectivity index (χ4n) is 10.8. The van der Waals surface area contributed by atoms with Crippen molar-refractivity contribution in [1.29, 1.82) is 0 Å². The molecule has 0 radical (unpaired) electrons. The normalized spacial score (nSPS) is 55.0. The highest BCUT2D eigenvalue weighted by Crippen LogP contribution is 2.75. The first-order valence-corrected chi connectivity index (χ1v) is 14.0. The van der Waals surface area contributed by atoms with E-state index >= 15 is 0 Å². The quantitative estimate of drug-likeness (QED) is 0.402. The molecule has 198 valence electrons. The smallest absolute Gasteiger partial charge is 0.310 e. The predicted octanol–water partition coefficient (Wildman–Crippen LogP) is 5.18. The number of hydrogen-bond donors (Lipinski definition) is 4. The van der Waals surface area contributed by atoms with Crippen LogP contribution in [0.2, 0.25) is 0 Å². The van der Waals surface area contributed by atoms with Gasteiger partial charge in [0.1, 0.15) is 0 Å². The maximum Gasteiger partial charge on any atom is 0.310 e. The lowest BCUT2D eigenvalue weighted by atomic mass is 9.33. The van der Waals surface area contributed by atoms with Crippen LogP contribution in [-0.4, -0.2) is 45.2 Å². The van der Waals surface area contributed by atoms with Gasteiger partial charge in [-0.15, -0.1) is 0 Å². The van der Waals surface area contributed by atoms with E-state index in [2.05, 4.69) is 47.6 Å². The van der Waals surface area contributed by atoms with Crippen LogP contribution in [0.5, 0.6) is 0 Å². The molecule has 5 heteroatoms. The summed E-state index contributed by atoms with van der Waals surface area (Å²) in [4.78, 5) is 12.8. The molecule has 5 aliphatic carbocycles. The summed E-state index contributed by atoms with van der Waals surface area (Å²) in [5.41, 5.74) is -0.0781. The van der Waals surface area contributed by atoms with Gasteiger partial charge in [0.2, 0.25) is 0 Å². The van der Waals surface area contributed by atoms with Crippen molar-refractivity contribution in [2.75, 3.05) is 6.61 Å². The molecule has 0 heterocycles. The zero-order chi connectivity index (χ0) is 25.8. The lowest BCUT2D eigenvalue weighted by Gasteiger charge is -2.71. The van der Waals surface area contributed by atoms with Gasteiger partial charge in [0.05, 0.1) is 17.6 Å². The Hall–Kier alpha value is -0.910. The minimum Gasteiger partial charge on any atom is -0.481 e. The molecule has 0 unspecified atom stereocenters. The number of allylic oxidation sites excluding steroid dienone is 2. The summed E-state index contributed by atoms with van der Waals surface area (Å²) in [6, 6.07) is 0. The van der Waals surface area contributed by atoms with Crippen molar-refractivity contribution in [2.45, 2.75) is 112 Å². The molecular formula is C30H48O5. The van der Waals surface area contributed by atoms with Crippen LogP contribution in [0.15, 0.2) is 11.6 Å². The van der Waals surface area contributed by atoms with E-state index in [4.69, 9.17) is 0 Å². The van der Waals surface area contributed by atoms with Gasteiger partial charge in [-0.2, -0.15) is 0 Å². The Balaban J connectivity index is 1.60. The van der Waals surface area contributed by atoms with Gasteiger partial charge in [-0.25, -0.2) is 0 Å². The molecule has 0 saturated heterocycles. The number of carboxylic acid groups (broad SMARTS) is 1. The Morgan fingerprint density at radius 1 is 0.943 bits per heavy atom. The van der Waals surface area contributed by atoms with E-state index in [1.165, 1.54) is 5.57 Å². The number of rotatable bonds is 2. The average molecular weight is 489 g/mol. The van der Waals surface area contributed by atoms with Gasteiger partial charge in [0.15, 0.2) is 0 Å². The second-order valence-corrected chi connectivity index (χ2v) is 15.0. The van der Waals surface area contributed by atoms with Crippen LogP contribution in [0.4, 0.5) is 0 Å². The van der Waals surface area contributed by atoms with Crippen LogP contribution in [0.25, 0.3) is 0 Å². The maximum atomic E-state index is 12.8. The lowest BCUT2D eigenvalue weighted by Crippen LogP contribution is -2.67. The summed E-state index contributed by atoms with van der Waals surface area (Å²) < 4.78 is 0. The monoisotopic (exact) mass is 488 g/mol. The molecule has 0 aromatic heterocycles. The average Bonchev–Trinajstić information content (AvgIpc) is 2.78. The van der Waals surface area contributed by atoms with Gasteiger partial charge in [-0.1, -0.05) is 53.2 Å². The van der Waals surface area contributed by atoms with Gasteiger partial charge < -0.3 is 20.4 Å². The molecule has 10 atom stereocenters. The van der Waals surface area contributed by atoms with Crippen LogP contribution in [0.3, 0.4) is 0 Å². The van der Waals surface area contributed by atoms with Gasteiger partial charge >= 0.3 is 5.97 Å². The molecule has 5 nitrogen and oxygen atoms in total. The highest BCUT2D eigenvalue weighted by Gasteiger charge is 2.70. The minimum absolute atomic E-state index is 0.0121. The number of aliphatic hydroxyl groups excluding tert-OH is 3. The standard InChI is InChI=1S/C30H48O5/c1-25(2)21-9-10-29(6)22(27(21,4)16-20(32)23(25)33)8-7-18-19-15-26(3,17-31)11-13-30(19,24(34)35)14-12-28(18,29)5/h7,19-23,31-33H,8-17H2,1-6H3,(H,34,35)/t19-,20+,21-,22+,23-,26+,27-,28+,29+,30-/m0/s1. The fourth-order valence-corrected chi connectivity index (χ4v) is 10.8. The van der Waals surface area contributed by atoms with Crippen LogP contribution in [0, 0.1) is 50.2 Å². The van der Waals surface area contributed by atoms with Crippen LogP contribution in [0.1, 0.15) is 99.3 Å². The summed E-state index contributed by atoms with van der Waals surface area (Å²) in [7, 11) is 0. The number of carbonyl (C=O) groups is 1. The van der Waals surface area contributed by atoms with E-state index in [1.807, 2.05) is 0 Å². The third kappa shape index (κ3) is 3.07. The van der Waals surface area contributed by atoms with Gasteiger partial charge in [0, 0.05) is 6.61 Å². The molecule has 0 aromatic carbocycles. The summed E-state index contributed by atoms with van der Waals surface area (Å²) >= 11 is 0. The third-order valence-corrected chi connectivity index (χ3v) is 13.3. The van der Waals surface area contributed by atoms with Crippen molar-refractivity contribution < 1.29 is 25.2 Å². The minimum atomic E-state index is -0.711. The van der Waals surface area contributed by atoms with Gasteiger partial charge in [0.25, 0.3) is 0 Å². The molecule has 0 aliphatic heterocycles. The Labute approximate surface area is 211 Å². The number of carboxylic acids is 1. The number of aliphatic carboxylic acids is 1. The Morgan fingerprint density at radius 3 is 2.23 bits per heavy atom. The van der Waals surface area contributed by atoms with Crippen LogP contribution >= 0.6 is 0 Å². The molecule has 4 N–H and O–H groups in total. The first-order chi connectivity index (χ1) is 16.1. The maximum absolute atomic E-state index is 12.8. The van der Waals surface area contributed by atoms with Crippen LogP contribution in [-0.2, 0) is 4.79 Å². The first kappa shape index (κ1) is 25.7. The molecule has 4 saturated carbocycles. The summed E-state index contributed by atoms with van der Waals surface area (Å²) in [5, 5.41) is 42.6. The molecule has 0 bridgehead atoms. The molecule has 0 spiro atoms. The fraction of sp³-hybridized carbons (Fsp3) is 0.900. The Bertz CT molecular complexity index is 941. The highest BCUT2D eigenvalue weighted by atomic mass is 16.4. The Kier molecular flexibility index (Phi) is 5.56. The van der Waals surface area contributed by atoms with Crippen molar-refractivity contribution in [3.05, 3.63) is 11.6 Å². The molecule has 35 heavy (non-hydrogen) atoms. The second kappa shape index (κ2) is 7.57. The van der Waals surface area contributed by atoms with Crippen LogP contribution < -0.4 is 0 Å². The van der Waals surface area contributed by atoms with E-state index < -0.39 is 23.6 Å². The number of hydrogen-bond acceptors (Lipinski definition) is 4. The molecule has 4 fully saturated rings. The van der Waals surface area contributed by atoms with E-state index in [0.717, 1.165) is 38.5 Å². The molecule has 0 amide bonds. The zero-order valence-electron chi connectivity index (χ0n) is 22.7. The molecule has 5 rings (SSSR count). The zero-order valence-corrected chi connectivity index (χ0v) is 22.7. The number of aliphatic hydroxyl groups is 3. The van der Waals surface area contributed by atoms with E-state index in [9.17, 15) is 25.2 Å². The summed E-state index contributed by atoms with van der Waals surface area (Å²) in [5.74, 6) is 0.0517. The summed E-state index contributed by atoms with van der Waals surface area (Å²) in [6.45, 7) is 13.7. The van der Waals surface area contributed by atoms with Crippen molar-refractivity contribution in [2.24, 2.45) is 50.2 Å². The van der Waals surface area contributed by atoms with Gasteiger partial charge in [-0.05, 0) is 103 Å². The number of fused-ring (bicyclic) bond motifs is 7. The topological polar surface area (TPSA) is 98.0 Å². The molecule has 0 aromatic rings.